The molecule has 20 heavy (non-hydrogen) atoms. The number of aliphatic hydroxyl groups is 1. The molecule has 1 saturated carbocycles. The third kappa shape index (κ3) is 3.28. The van der Waals surface area contributed by atoms with Gasteiger partial charge in [0, 0.05) is 26.3 Å². The van der Waals surface area contributed by atoms with Crippen molar-refractivity contribution in [1.29, 1.82) is 0 Å². The molecule has 5 nitrogen and oxygen atoms in total. The number of aromatic nitrogens is 1. The Kier molecular flexibility index (Phi) is 4.60. The third-order valence-electron chi connectivity index (χ3n) is 3.94. The monoisotopic (exact) mass is 277 g/mol. The normalized spacial score (nSPS) is 22.8. The topological polar surface area (TPSA) is 65.5 Å². The van der Waals surface area contributed by atoms with E-state index in [4.69, 9.17) is 0 Å². The number of hydrogen-bond acceptors (Lipinski definition) is 4. The van der Waals surface area contributed by atoms with E-state index in [1.807, 2.05) is 25.1 Å². The van der Waals surface area contributed by atoms with Gasteiger partial charge in [0.15, 0.2) is 0 Å². The van der Waals surface area contributed by atoms with Crippen LogP contribution in [0.1, 0.15) is 36.5 Å². The minimum absolute atomic E-state index is 0.0870. The molecule has 1 heterocycles. The molecule has 2 rings (SSSR count). The highest BCUT2D eigenvalue weighted by Gasteiger charge is 2.33. The van der Waals surface area contributed by atoms with Gasteiger partial charge in [0.05, 0.1) is 11.7 Å². The molecule has 0 aliphatic heterocycles. The SMILES string of the molecule is CC[C@@H](NC(=O)c1ccc(N(C)C)nc1)C1CC(O)C1. The number of nitrogens with zero attached hydrogens (tertiary/aromatic N) is 2. The Morgan fingerprint density at radius 2 is 2.20 bits per heavy atom. The predicted octanol–water partition coefficient (Wildman–Crippen LogP) is 1.43. The predicted molar refractivity (Wildman–Crippen MR) is 78.8 cm³/mol. The zero-order valence-corrected chi connectivity index (χ0v) is 12.3. The van der Waals surface area contributed by atoms with Crippen LogP contribution in [0.5, 0.6) is 0 Å². The van der Waals surface area contributed by atoms with E-state index in [1.165, 1.54) is 0 Å². The molecule has 0 bridgehead atoms. The first-order valence-electron chi connectivity index (χ1n) is 7.13. The summed E-state index contributed by atoms with van der Waals surface area (Å²) < 4.78 is 0. The molecule has 1 aliphatic rings. The maximum Gasteiger partial charge on any atom is 0.253 e. The summed E-state index contributed by atoms with van der Waals surface area (Å²) in [7, 11) is 3.83. The van der Waals surface area contributed by atoms with E-state index in [0.717, 1.165) is 25.1 Å². The van der Waals surface area contributed by atoms with Gasteiger partial charge in [0.2, 0.25) is 0 Å². The summed E-state index contributed by atoms with van der Waals surface area (Å²) >= 11 is 0. The second-order valence-corrected chi connectivity index (χ2v) is 5.67. The van der Waals surface area contributed by atoms with Crippen LogP contribution in [0, 0.1) is 5.92 Å². The standard InChI is InChI=1S/C15H23N3O2/c1-4-13(11-7-12(19)8-11)17-15(20)10-5-6-14(16-9-10)18(2)3/h5-6,9,11-13,19H,4,7-8H2,1-3H3,(H,17,20)/t11?,12?,13-/m1/s1. The number of anilines is 1. The van der Waals surface area contributed by atoms with Crippen molar-refractivity contribution in [3.63, 3.8) is 0 Å². The highest BCUT2D eigenvalue weighted by Crippen LogP contribution is 2.31. The molecular weight excluding hydrogens is 254 g/mol. The number of amides is 1. The van der Waals surface area contributed by atoms with Crippen molar-refractivity contribution < 1.29 is 9.90 Å². The molecule has 5 heteroatoms. The van der Waals surface area contributed by atoms with E-state index in [1.54, 1.807) is 12.3 Å². The number of pyridine rings is 1. The fraction of sp³-hybridized carbons (Fsp3) is 0.600. The van der Waals surface area contributed by atoms with E-state index >= 15 is 0 Å². The Labute approximate surface area is 120 Å². The van der Waals surface area contributed by atoms with Crippen LogP contribution in [0.2, 0.25) is 0 Å². The first-order valence-corrected chi connectivity index (χ1v) is 7.13. The zero-order valence-electron chi connectivity index (χ0n) is 12.3. The van der Waals surface area contributed by atoms with Gasteiger partial charge in [-0.25, -0.2) is 4.98 Å². The quantitative estimate of drug-likeness (QED) is 0.854. The van der Waals surface area contributed by atoms with Crippen molar-refractivity contribution in [2.45, 2.75) is 38.3 Å². The van der Waals surface area contributed by atoms with Crippen LogP contribution in [0.15, 0.2) is 18.3 Å². The smallest absolute Gasteiger partial charge is 0.253 e. The second-order valence-electron chi connectivity index (χ2n) is 5.67. The molecule has 1 aromatic heterocycles. The van der Waals surface area contributed by atoms with Gasteiger partial charge < -0.3 is 15.3 Å². The Balaban J connectivity index is 1.96. The third-order valence-corrected chi connectivity index (χ3v) is 3.94. The summed E-state index contributed by atoms with van der Waals surface area (Å²) in [5.74, 6) is 1.14. The van der Waals surface area contributed by atoms with Gasteiger partial charge in [-0.15, -0.1) is 0 Å². The van der Waals surface area contributed by atoms with Gasteiger partial charge in [0.1, 0.15) is 5.82 Å². The molecule has 0 aromatic carbocycles. The highest BCUT2D eigenvalue weighted by molar-refractivity contribution is 5.94. The summed E-state index contributed by atoms with van der Waals surface area (Å²) in [6.45, 7) is 2.06. The Morgan fingerprint density at radius 3 is 2.65 bits per heavy atom. The number of aliphatic hydroxyl groups excluding tert-OH is 1. The molecule has 1 aromatic rings. The maximum atomic E-state index is 12.2. The summed E-state index contributed by atoms with van der Waals surface area (Å²) in [6.07, 6.45) is 3.87. The van der Waals surface area contributed by atoms with Crippen LogP contribution in [0.25, 0.3) is 0 Å². The van der Waals surface area contributed by atoms with Crippen molar-refractivity contribution in [3.8, 4) is 0 Å². The first-order chi connectivity index (χ1) is 9.51. The van der Waals surface area contributed by atoms with E-state index in [0.29, 0.717) is 11.5 Å². The lowest BCUT2D eigenvalue weighted by Gasteiger charge is -2.37. The van der Waals surface area contributed by atoms with Crippen LogP contribution >= 0.6 is 0 Å². The highest BCUT2D eigenvalue weighted by atomic mass is 16.3. The van der Waals surface area contributed by atoms with Crippen LogP contribution in [0.3, 0.4) is 0 Å². The molecular formula is C15H23N3O2. The largest absolute Gasteiger partial charge is 0.393 e. The lowest BCUT2D eigenvalue weighted by atomic mass is 9.76. The van der Waals surface area contributed by atoms with Gasteiger partial charge in [-0.05, 0) is 37.3 Å². The Bertz CT molecular complexity index is 453. The van der Waals surface area contributed by atoms with Gasteiger partial charge in [0.25, 0.3) is 5.91 Å². The van der Waals surface area contributed by atoms with E-state index in [9.17, 15) is 9.90 Å². The van der Waals surface area contributed by atoms with Crippen LogP contribution in [-0.2, 0) is 0 Å². The van der Waals surface area contributed by atoms with E-state index < -0.39 is 0 Å². The molecule has 1 atom stereocenters. The van der Waals surface area contributed by atoms with Crippen LogP contribution in [0.4, 0.5) is 5.82 Å². The molecule has 0 spiro atoms. The average Bonchev–Trinajstić information content (AvgIpc) is 2.41. The lowest BCUT2D eigenvalue weighted by Crippen LogP contribution is -2.46. The van der Waals surface area contributed by atoms with Gasteiger partial charge in [-0.2, -0.15) is 0 Å². The average molecular weight is 277 g/mol. The number of carbonyl (C=O) groups is 1. The van der Waals surface area contributed by atoms with Gasteiger partial charge >= 0.3 is 0 Å². The number of nitrogens with one attached hydrogen (secondary N) is 1. The minimum Gasteiger partial charge on any atom is -0.393 e. The van der Waals surface area contributed by atoms with Crippen LogP contribution in [-0.4, -0.2) is 42.2 Å². The van der Waals surface area contributed by atoms with Crippen LogP contribution < -0.4 is 10.2 Å². The number of hydrogen-bond donors (Lipinski definition) is 2. The lowest BCUT2D eigenvalue weighted by molar-refractivity contribution is 0.0232. The summed E-state index contributed by atoms with van der Waals surface area (Å²) in [5, 5.41) is 12.4. The molecule has 1 fully saturated rings. The Hall–Kier alpha value is -1.62. The molecule has 2 N–H and O–H groups in total. The van der Waals surface area contributed by atoms with Crippen molar-refractivity contribution in [2.75, 3.05) is 19.0 Å². The number of rotatable bonds is 5. The fourth-order valence-corrected chi connectivity index (χ4v) is 2.55. The zero-order chi connectivity index (χ0) is 14.7. The fourth-order valence-electron chi connectivity index (χ4n) is 2.55. The van der Waals surface area contributed by atoms with E-state index in [2.05, 4.69) is 17.2 Å². The van der Waals surface area contributed by atoms with Crippen molar-refractivity contribution in [3.05, 3.63) is 23.9 Å². The summed E-state index contributed by atoms with van der Waals surface area (Å²) in [4.78, 5) is 18.3. The molecule has 0 radical (unpaired) electrons. The second kappa shape index (κ2) is 6.22. The first kappa shape index (κ1) is 14.8. The van der Waals surface area contributed by atoms with Crippen molar-refractivity contribution in [1.82, 2.24) is 10.3 Å². The van der Waals surface area contributed by atoms with Gasteiger partial charge in [-0.3, -0.25) is 4.79 Å². The maximum absolute atomic E-state index is 12.2. The van der Waals surface area contributed by atoms with Crippen molar-refractivity contribution >= 4 is 11.7 Å². The van der Waals surface area contributed by atoms with Gasteiger partial charge in [-0.1, -0.05) is 6.92 Å². The molecule has 0 unspecified atom stereocenters. The molecule has 110 valence electrons. The molecule has 1 amide bonds. The summed E-state index contributed by atoms with van der Waals surface area (Å²) in [6, 6.07) is 3.77. The summed E-state index contributed by atoms with van der Waals surface area (Å²) in [5.41, 5.74) is 0.578. The molecule has 0 saturated heterocycles. The van der Waals surface area contributed by atoms with Crippen molar-refractivity contribution in [2.24, 2.45) is 5.92 Å². The number of carbonyl (C=O) groups excluding carboxylic acids is 1. The molecule has 1 aliphatic carbocycles. The Morgan fingerprint density at radius 1 is 1.50 bits per heavy atom. The van der Waals surface area contributed by atoms with E-state index in [-0.39, 0.29) is 18.1 Å². The minimum atomic E-state index is -0.188.